The van der Waals surface area contributed by atoms with E-state index in [1.165, 1.54) is 12.1 Å². The lowest BCUT2D eigenvalue weighted by Crippen LogP contribution is -2.38. The highest BCUT2D eigenvalue weighted by molar-refractivity contribution is 7.89. The summed E-state index contributed by atoms with van der Waals surface area (Å²) in [5.41, 5.74) is 1.78. The van der Waals surface area contributed by atoms with Crippen molar-refractivity contribution in [1.82, 2.24) is 15.6 Å². The molecule has 1 heterocycles. The minimum atomic E-state index is -3.71. The molecule has 25 heavy (non-hydrogen) atoms. The summed E-state index contributed by atoms with van der Waals surface area (Å²) in [6.45, 7) is 3.76. The van der Waals surface area contributed by atoms with E-state index in [1.807, 2.05) is 31.2 Å². The number of rotatable bonds is 7. The van der Waals surface area contributed by atoms with Gasteiger partial charge in [0, 0.05) is 31.4 Å². The van der Waals surface area contributed by atoms with E-state index in [0.717, 1.165) is 24.2 Å². The van der Waals surface area contributed by atoms with Crippen LogP contribution in [0.4, 0.5) is 0 Å². The summed E-state index contributed by atoms with van der Waals surface area (Å²) in [4.78, 5) is 8.85. The Morgan fingerprint density at radius 1 is 1.20 bits per heavy atom. The fourth-order valence-corrected chi connectivity index (χ4v) is 2.77. The second-order valence-electron chi connectivity index (χ2n) is 5.39. The van der Waals surface area contributed by atoms with Crippen LogP contribution < -0.4 is 15.8 Å². The van der Waals surface area contributed by atoms with Gasteiger partial charge in [-0.1, -0.05) is 18.2 Å². The molecule has 0 aliphatic rings. The fraction of sp³-hybridized carbons (Fsp3) is 0.294. The standard InChI is InChI=1S/C17H23N5O2S/c1-2-19-17(21-11-9-15-7-3-4-10-20-15)22-13-14-6-5-8-16(12-14)25(18,23)24/h3-8,10,12H,2,9,11,13H2,1H3,(H2,18,23,24)(H2,19,21,22). The summed E-state index contributed by atoms with van der Waals surface area (Å²) in [5.74, 6) is 0.666. The van der Waals surface area contributed by atoms with Crippen LogP contribution in [-0.4, -0.2) is 32.5 Å². The molecule has 0 atom stereocenters. The summed E-state index contributed by atoms with van der Waals surface area (Å²) >= 11 is 0. The van der Waals surface area contributed by atoms with Gasteiger partial charge in [0.05, 0.1) is 11.4 Å². The average Bonchev–Trinajstić information content (AvgIpc) is 2.60. The maximum Gasteiger partial charge on any atom is 0.238 e. The molecule has 0 amide bonds. The Labute approximate surface area is 148 Å². The first-order chi connectivity index (χ1) is 12.0. The van der Waals surface area contributed by atoms with Crippen LogP contribution in [0.5, 0.6) is 0 Å². The molecule has 0 bridgehead atoms. The molecule has 0 saturated heterocycles. The second-order valence-corrected chi connectivity index (χ2v) is 6.95. The number of hydrogen-bond acceptors (Lipinski definition) is 4. The molecule has 2 aromatic rings. The number of nitrogens with two attached hydrogens (primary N) is 1. The molecule has 1 aromatic heterocycles. The number of pyridine rings is 1. The largest absolute Gasteiger partial charge is 0.357 e. The van der Waals surface area contributed by atoms with Gasteiger partial charge >= 0.3 is 0 Å². The Balaban J connectivity index is 1.97. The number of primary sulfonamides is 1. The molecule has 4 N–H and O–H groups in total. The molecule has 0 aliphatic heterocycles. The molecular formula is C17H23N5O2S. The van der Waals surface area contributed by atoms with Gasteiger partial charge in [0.15, 0.2) is 5.96 Å². The smallest absolute Gasteiger partial charge is 0.238 e. The van der Waals surface area contributed by atoms with Crippen LogP contribution in [-0.2, 0) is 23.0 Å². The van der Waals surface area contributed by atoms with Crippen LogP contribution in [0, 0.1) is 0 Å². The van der Waals surface area contributed by atoms with Gasteiger partial charge in [0.25, 0.3) is 0 Å². The Bertz CT molecular complexity index is 807. The van der Waals surface area contributed by atoms with E-state index >= 15 is 0 Å². The minimum Gasteiger partial charge on any atom is -0.357 e. The highest BCUT2D eigenvalue weighted by atomic mass is 32.2. The van der Waals surface area contributed by atoms with Gasteiger partial charge in [0.1, 0.15) is 0 Å². The number of benzene rings is 1. The van der Waals surface area contributed by atoms with Crippen molar-refractivity contribution in [3.05, 3.63) is 59.9 Å². The van der Waals surface area contributed by atoms with Gasteiger partial charge in [-0.25, -0.2) is 18.5 Å². The summed E-state index contributed by atoms with van der Waals surface area (Å²) in [7, 11) is -3.71. The first kappa shape index (κ1) is 18.9. The lowest BCUT2D eigenvalue weighted by molar-refractivity contribution is 0.597. The van der Waals surface area contributed by atoms with E-state index in [2.05, 4.69) is 20.6 Å². The number of aliphatic imine (C=N–C) groups is 1. The molecule has 2 rings (SSSR count). The second kappa shape index (κ2) is 9.14. The zero-order valence-electron chi connectivity index (χ0n) is 14.1. The van der Waals surface area contributed by atoms with Crippen molar-refractivity contribution in [3.8, 4) is 0 Å². The molecule has 0 radical (unpaired) electrons. The summed E-state index contributed by atoms with van der Waals surface area (Å²) < 4.78 is 22.8. The predicted molar refractivity (Wildman–Crippen MR) is 98.6 cm³/mol. The van der Waals surface area contributed by atoms with Gasteiger partial charge in [-0.3, -0.25) is 4.98 Å². The van der Waals surface area contributed by atoms with E-state index < -0.39 is 10.0 Å². The number of nitrogens with zero attached hydrogens (tertiary/aromatic N) is 2. The van der Waals surface area contributed by atoms with Crippen molar-refractivity contribution in [3.63, 3.8) is 0 Å². The zero-order chi connectivity index (χ0) is 18.1. The number of guanidine groups is 1. The monoisotopic (exact) mass is 361 g/mol. The fourth-order valence-electron chi connectivity index (χ4n) is 2.19. The van der Waals surface area contributed by atoms with E-state index in [0.29, 0.717) is 19.0 Å². The van der Waals surface area contributed by atoms with E-state index in [9.17, 15) is 8.42 Å². The summed E-state index contributed by atoms with van der Waals surface area (Å²) in [6, 6.07) is 12.3. The Morgan fingerprint density at radius 2 is 2.04 bits per heavy atom. The molecule has 7 nitrogen and oxygen atoms in total. The minimum absolute atomic E-state index is 0.0910. The third-order valence-corrected chi connectivity index (χ3v) is 4.30. The van der Waals surface area contributed by atoms with Crippen molar-refractivity contribution in [2.75, 3.05) is 13.1 Å². The van der Waals surface area contributed by atoms with Crippen molar-refractivity contribution in [2.24, 2.45) is 10.1 Å². The van der Waals surface area contributed by atoms with Crippen LogP contribution in [0.3, 0.4) is 0 Å². The molecule has 0 aliphatic carbocycles. The summed E-state index contributed by atoms with van der Waals surface area (Å²) in [6.07, 6.45) is 2.55. The maximum atomic E-state index is 11.4. The third-order valence-electron chi connectivity index (χ3n) is 3.39. The summed E-state index contributed by atoms with van der Waals surface area (Å²) in [5, 5.41) is 11.6. The van der Waals surface area contributed by atoms with Crippen LogP contribution in [0.1, 0.15) is 18.2 Å². The molecule has 0 fully saturated rings. The third kappa shape index (κ3) is 6.52. The number of sulfonamides is 1. The molecule has 0 unspecified atom stereocenters. The Kier molecular flexibility index (Phi) is 6.91. The van der Waals surface area contributed by atoms with Crippen LogP contribution >= 0.6 is 0 Å². The first-order valence-corrected chi connectivity index (χ1v) is 9.57. The van der Waals surface area contributed by atoms with Crippen molar-refractivity contribution < 1.29 is 8.42 Å². The van der Waals surface area contributed by atoms with Crippen molar-refractivity contribution in [2.45, 2.75) is 24.8 Å². The van der Waals surface area contributed by atoms with E-state index in [1.54, 1.807) is 12.3 Å². The highest BCUT2D eigenvalue weighted by Crippen LogP contribution is 2.10. The number of nitrogens with one attached hydrogen (secondary N) is 2. The van der Waals surface area contributed by atoms with E-state index in [-0.39, 0.29) is 4.90 Å². The van der Waals surface area contributed by atoms with E-state index in [4.69, 9.17) is 5.14 Å². The average molecular weight is 361 g/mol. The first-order valence-electron chi connectivity index (χ1n) is 8.03. The van der Waals surface area contributed by atoms with Gasteiger partial charge in [-0.05, 0) is 36.8 Å². The Hall–Kier alpha value is -2.45. The van der Waals surface area contributed by atoms with Gasteiger partial charge in [-0.15, -0.1) is 0 Å². The molecule has 0 spiro atoms. The quantitative estimate of drug-likeness (QED) is 0.504. The lowest BCUT2D eigenvalue weighted by Gasteiger charge is -2.11. The Morgan fingerprint density at radius 3 is 2.72 bits per heavy atom. The molecule has 1 aromatic carbocycles. The highest BCUT2D eigenvalue weighted by Gasteiger charge is 2.07. The van der Waals surface area contributed by atoms with Crippen molar-refractivity contribution in [1.29, 1.82) is 0 Å². The predicted octanol–water partition coefficient (Wildman–Crippen LogP) is 1.03. The van der Waals surface area contributed by atoms with Gasteiger partial charge in [-0.2, -0.15) is 0 Å². The molecule has 8 heteroatoms. The molecule has 134 valence electrons. The molecule has 0 saturated carbocycles. The SMILES string of the molecule is CCNC(=NCc1cccc(S(N)(=O)=O)c1)NCCc1ccccn1. The van der Waals surface area contributed by atoms with Crippen LogP contribution in [0.2, 0.25) is 0 Å². The van der Waals surface area contributed by atoms with Crippen LogP contribution in [0.15, 0.2) is 58.5 Å². The number of aromatic nitrogens is 1. The van der Waals surface area contributed by atoms with Gasteiger partial charge in [0.2, 0.25) is 10.0 Å². The van der Waals surface area contributed by atoms with Crippen molar-refractivity contribution >= 4 is 16.0 Å². The maximum absolute atomic E-state index is 11.4. The lowest BCUT2D eigenvalue weighted by atomic mass is 10.2. The number of hydrogen-bond donors (Lipinski definition) is 3. The normalized spacial score (nSPS) is 12.0. The molecular weight excluding hydrogens is 338 g/mol. The zero-order valence-corrected chi connectivity index (χ0v) is 15.0. The topological polar surface area (TPSA) is 109 Å². The van der Waals surface area contributed by atoms with Crippen LogP contribution in [0.25, 0.3) is 0 Å². The van der Waals surface area contributed by atoms with Gasteiger partial charge < -0.3 is 10.6 Å².